The van der Waals surface area contributed by atoms with E-state index in [1.165, 1.54) is 0 Å². The van der Waals surface area contributed by atoms with Gasteiger partial charge in [-0.1, -0.05) is 20.8 Å². The van der Waals surface area contributed by atoms with Gasteiger partial charge in [0.25, 0.3) is 0 Å². The SMILES string of the molecule is CC1(C)[C@H]2CC[C@](C)(C2)C1(N)C(=O)O. The van der Waals surface area contributed by atoms with Gasteiger partial charge >= 0.3 is 5.97 Å². The van der Waals surface area contributed by atoms with Crippen LogP contribution in [0.4, 0.5) is 0 Å². The molecule has 14 heavy (non-hydrogen) atoms. The fourth-order valence-corrected chi connectivity index (χ4v) is 3.85. The van der Waals surface area contributed by atoms with Crippen LogP contribution in [0.2, 0.25) is 0 Å². The predicted molar refractivity (Wildman–Crippen MR) is 53.8 cm³/mol. The molecule has 2 aliphatic rings. The molecular weight excluding hydrogens is 178 g/mol. The third kappa shape index (κ3) is 0.761. The van der Waals surface area contributed by atoms with Gasteiger partial charge < -0.3 is 10.8 Å². The van der Waals surface area contributed by atoms with Crippen molar-refractivity contribution in [2.75, 3.05) is 0 Å². The lowest BCUT2D eigenvalue weighted by molar-refractivity contribution is -0.155. The molecule has 1 unspecified atom stereocenters. The monoisotopic (exact) mass is 197 g/mol. The van der Waals surface area contributed by atoms with E-state index in [1.807, 2.05) is 20.8 Å². The van der Waals surface area contributed by atoms with Crippen molar-refractivity contribution in [1.29, 1.82) is 0 Å². The van der Waals surface area contributed by atoms with Crippen molar-refractivity contribution in [3.05, 3.63) is 0 Å². The Labute approximate surface area is 84.7 Å². The molecule has 2 fully saturated rings. The standard InChI is InChI=1S/C11H19NO2/c1-9(2)7-4-5-10(3,6-7)11(9,12)8(13)14/h7H,4-6,12H2,1-3H3,(H,13,14)/t7-,10+,11?/m0/s1. The van der Waals surface area contributed by atoms with Gasteiger partial charge in [0.1, 0.15) is 5.54 Å². The molecule has 0 radical (unpaired) electrons. The van der Waals surface area contributed by atoms with E-state index in [2.05, 4.69) is 0 Å². The van der Waals surface area contributed by atoms with Gasteiger partial charge in [0, 0.05) is 0 Å². The lowest BCUT2D eigenvalue weighted by Gasteiger charge is -2.48. The number of fused-ring (bicyclic) bond motifs is 2. The summed E-state index contributed by atoms with van der Waals surface area (Å²) in [6, 6.07) is 0. The highest BCUT2D eigenvalue weighted by Crippen LogP contribution is 2.66. The summed E-state index contributed by atoms with van der Waals surface area (Å²) < 4.78 is 0. The average molecular weight is 197 g/mol. The van der Waals surface area contributed by atoms with Crippen molar-refractivity contribution < 1.29 is 9.90 Å². The fraction of sp³-hybridized carbons (Fsp3) is 0.909. The summed E-state index contributed by atoms with van der Waals surface area (Å²) in [5.74, 6) is -0.346. The van der Waals surface area contributed by atoms with Crippen LogP contribution >= 0.6 is 0 Å². The highest BCUT2D eigenvalue weighted by atomic mass is 16.4. The number of carboxylic acid groups (broad SMARTS) is 1. The second-order valence-corrected chi connectivity index (χ2v) is 5.84. The van der Waals surface area contributed by atoms with Gasteiger partial charge in [-0.05, 0) is 36.0 Å². The topological polar surface area (TPSA) is 63.3 Å². The van der Waals surface area contributed by atoms with E-state index in [4.69, 9.17) is 5.73 Å². The minimum Gasteiger partial charge on any atom is -0.480 e. The van der Waals surface area contributed by atoms with Crippen molar-refractivity contribution in [3.8, 4) is 0 Å². The smallest absolute Gasteiger partial charge is 0.324 e. The third-order valence-electron chi connectivity index (χ3n) is 5.07. The van der Waals surface area contributed by atoms with Crippen LogP contribution in [-0.2, 0) is 4.79 Å². The molecule has 80 valence electrons. The molecule has 0 spiro atoms. The second kappa shape index (κ2) is 2.32. The predicted octanol–water partition coefficient (Wildman–Crippen LogP) is 1.61. The molecule has 3 heteroatoms. The van der Waals surface area contributed by atoms with E-state index in [1.54, 1.807) is 0 Å². The lowest BCUT2D eigenvalue weighted by Crippen LogP contribution is -2.66. The first-order chi connectivity index (χ1) is 6.26. The van der Waals surface area contributed by atoms with Crippen LogP contribution in [0.3, 0.4) is 0 Å². The van der Waals surface area contributed by atoms with Crippen LogP contribution in [0.1, 0.15) is 40.0 Å². The Bertz CT molecular complexity index is 293. The van der Waals surface area contributed by atoms with E-state index in [0.717, 1.165) is 19.3 Å². The number of nitrogens with two attached hydrogens (primary N) is 1. The summed E-state index contributed by atoms with van der Waals surface area (Å²) in [7, 11) is 0. The second-order valence-electron chi connectivity index (χ2n) is 5.84. The zero-order valence-corrected chi connectivity index (χ0v) is 9.13. The number of rotatable bonds is 1. The zero-order chi connectivity index (χ0) is 10.8. The van der Waals surface area contributed by atoms with Gasteiger partial charge in [-0.25, -0.2) is 0 Å². The molecule has 3 nitrogen and oxygen atoms in total. The zero-order valence-electron chi connectivity index (χ0n) is 9.13. The molecule has 0 aromatic carbocycles. The molecule has 2 aliphatic carbocycles. The molecule has 0 heterocycles. The van der Waals surface area contributed by atoms with Crippen molar-refractivity contribution in [2.45, 2.75) is 45.6 Å². The summed E-state index contributed by atoms with van der Waals surface area (Å²) in [5, 5.41) is 9.37. The Balaban J connectivity index is 2.54. The van der Waals surface area contributed by atoms with Crippen LogP contribution in [0.25, 0.3) is 0 Å². The van der Waals surface area contributed by atoms with Gasteiger partial charge in [0.05, 0.1) is 0 Å². The molecule has 2 rings (SSSR count). The Morgan fingerprint density at radius 3 is 2.29 bits per heavy atom. The minimum absolute atomic E-state index is 0.201. The number of carboxylic acids is 1. The molecule has 3 atom stereocenters. The minimum atomic E-state index is -1.04. The van der Waals surface area contributed by atoms with Crippen molar-refractivity contribution in [1.82, 2.24) is 0 Å². The molecule has 2 bridgehead atoms. The van der Waals surface area contributed by atoms with E-state index < -0.39 is 11.5 Å². The van der Waals surface area contributed by atoms with Crippen molar-refractivity contribution in [2.24, 2.45) is 22.5 Å². The molecular formula is C11H19NO2. The number of aliphatic carboxylic acids is 1. The largest absolute Gasteiger partial charge is 0.480 e. The first-order valence-corrected chi connectivity index (χ1v) is 5.28. The Morgan fingerprint density at radius 2 is 2.00 bits per heavy atom. The van der Waals surface area contributed by atoms with Gasteiger partial charge in [-0.3, -0.25) is 4.79 Å². The van der Waals surface area contributed by atoms with Crippen molar-refractivity contribution in [3.63, 3.8) is 0 Å². The maximum atomic E-state index is 11.4. The lowest BCUT2D eigenvalue weighted by atomic mass is 9.58. The average Bonchev–Trinajstić information content (AvgIpc) is 2.51. The van der Waals surface area contributed by atoms with E-state index in [0.29, 0.717) is 5.92 Å². The maximum absolute atomic E-state index is 11.4. The molecule has 0 aromatic rings. The van der Waals surface area contributed by atoms with E-state index in [9.17, 15) is 9.90 Å². The number of hydrogen-bond donors (Lipinski definition) is 2. The third-order valence-corrected chi connectivity index (χ3v) is 5.07. The molecule has 0 saturated heterocycles. The maximum Gasteiger partial charge on any atom is 0.324 e. The normalized spacial score (nSPS) is 49.6. The Hall–Kier alpha value is -0.570. The summed E-state index contributed by atoms with van der Waals surface area (Å²) in [5.41, 5.74) is 4.69. The molecule has 0 aliphatic heterocycles. The Kier molecular flexibility index (Phi) is 1.65. The fourth-order valence-electron chi connectivity index (χ4n) is 3.85. The molecule has 0 amide bonds. The van der Waals surface area contributed by atoms with Crippen LogP contribution in [0.15, 0.2) is 0 Å². The first kappa shape index (κ1) is 9.97. The highest BCUT2D eigenvalue weighted by Gasteiger charge is 2.70. The Morgan fingerprint density at radius 1 is 1.43 bits per heavy atom. The van der Waals surface area contributed by atoms with Crippen LogP contribution in [-0.4, -0.2) is 16.6 Å². The summed E-state index contributed by atoms with van der Waals surface area (Å²) >= 11 is 0. The van der Waals surface area contributed by atoms with Crippen LogP contribution in [0, 0.1) is 16.7 Å². The van der Waals surface area contributed by atoms with Gasteiger partial charge in [-0.15, -0.1) is 0 Å². The quantitative estimate of drug-likeness (QED) is 0.671. The van der Waals surface area contributed by atoms with Gasteiger partial charge in [-0.2, -0.15) is 0 Å². The van der Waals surface area contributed by atoms with Crippen LogP contribution < -0.4 is 5.73 Å². The molecule has 2 saturated carbocycles. The summed E-state index contributed by atoms with van der Waals surface area (Å²) in [6.07, 6.45) is 3.07. The van der Waals surface area contributed by atoms with Crippen molar-refractivity contribution >= 4 is 5.97 Å². The molecule has 0 aromatic heterocycles. The highest BCUT2D eigenvalue weighted by molar-refractivity contribution is 5.82. The number of hydrogen-bond acceptors (Lipinski definition) is 2. The van der Waals surface area contributed by atoms with Gasteiger partial charge in [0.2, 0.25) is 0 Å². The van der Waals surface area contributed by atoms with Gasteiger partial charge in [0.15, 0.2) is 0 Å². The number of carbonyl (C=O) groups is 1. The summed E-state index contributed by atoms with van der Waals surface area (Å²) in [4.78, 5) is 11.4. The van der Waals surface area contributed by atoms with Crippen LogP contribution in [0.5, 0.6) is 0 Å². The van der Waals surface area contributed by atoms with E-state index in [-0.39, 0.29) is 10.8 Å². The molecule has 3 N–H and O–H groups in total. The first-order valence-electron chi connectivity index (χ1n) is 5.28. The van der Waals surface area contributed by atoms with E-state index >= 15 is 0 Å². The summed E-state index contributed by atoms with van der Waals surface area (Å²) in [6.45, 7) is 6.06.